The minimum absolute atomic E-state index is 0.118. The first kappa shape index (κ1) is 10.4. The number of hydrogen-bond donors (Lipinski definition) is 1. The predicted octanol–water partition coefficient (Wildman–Crippen LogP) is -0.880. The molecule has 0 amide bonds. The van der Waals surface area contributed by atoms with E-state index in [9.17, 15) is 4.79 Å². The van der Waals surface area contributed by atoms with E-state index in [2.05, 4.69) is 25.1 Å². The van der Waals surface area contributed by atoms with Crippen molar-refractivity contribution in [2.45, 2.75) is 6.61 Å². The summed E-state index contributed by atoms with van der Waals surface area (Å²) in [5, 5.41) is 15.8. The van der Waals surface area contributed by atoms with E-state index in [0.717, 1.165) is 26.0 Å². The highest BCUT2D eigenvalue weighted by atomic mass is 32.1. The van der Waals surface area contributed by atoms with Crippen LogP contribution in [0.2, 0.25) is 1.41 Å². The second-order valence-electron chi connectivity index (χ2n) is 3.47. The highest BCUT2D eigenvalue weighted by Crippen LogP contribution is 2.15. The SMILES string of the molecule is [3H]n1ccc(OCc2snnc2-n2nnn(C)c2=O)n1. The van der Waals surface area contributed by atoms with Gasteiger partial charge < -0.3 is 4.74 Å². The number of aryl methyl sites for hydroxylation is 1. The average Bonchev–Trinajstić information content (AvgIpc) is 3.11. The van der Waals surface area contributed by atoms with Gasteiger partial charge in [-0.2, -0.15) is 4.68 Å². The first-order valence-electron chi connectivity index (χ1n) is 5.58. The maximum absolute atomic E-state index is 11.8. The molecule has 3 aromatic rings. The van der Waals surface area contributed by atoms with Crippen LogP contribution in [0.1, 0.15) is 4.88 Å². The Kier molecular flexibility index (Phi) is 2.51. The van der Waals surface area contributed by atoms with Crippen LogP contribution >= 0.6 is 11.5 Å². The van der Waals surface area contributed by atoms with Gasteiger partial charge in [-0.05, 0) is 22.0 Å². The van der Waals surface area contributed by atoms with E-state index >= 15 is 0 Å². The fourth-order valence-electron chi connectivity index (χ4n) is 1.34. The van der Waals surface area contributed by atoms with Gasteiger partial charge in [0.05, 0.1) is 0 Å². The summed E-state index contributed by atoms with van der Waals surface area (Å²) >= 11 is 1.08. The molecule has 0 fully saturated rings. The fourth-order valence-corrected chi connectivity index (χ4v) is 1.88. The van der Waals surface area contributed by atoms with Crippen molar-refractivity contribution in [3.05, 3.63) is 27.6 Å². The lowest BCUT2D eigenvalue weighted by molar-refractivity contribution is 0.296. The molecule has 11 heteroatoms. The molecule has 0 saturated heterocycles. The molecular weight excluding hydrogens is 272 g/mol. The first-order valence-corrected chi connectivity index (χ1v) is 5.91. The van der Waals surface area contributed by atoms with E-state index in [4.69, 9.17) is 6.15 Å². The Bertz CT molecular complexity index is 788. The van der Waals surface area contributed by atoms with Crippen LogP contribution in [0.4, 0.5) is 0 Å². The minimum atomic E-state index is -0.422. The van der Waals surface area contributed by atoms with Gasteiger partial charge in [0.25, 0.3) is 0 Å². The first-order chi connectivity index (χ1) is 9.65. The van der Waals surface area contributed by atoms with Crippen molar-refractivity contribution in [1.82, 2.24) is 39.6 Å². The van der Waals surface area contributed by atoms with Crippen LogP contribution in [0.25, 0.3) is 5.82 Å². The molecule has 0 aliphatic carbocycles. The molecule has 3 aromatic heterocycles. The van der Waals surface area contributed by atoms with Gasteiger partial charge in [-0.1, -0.05) is 4.49 Å². The number of ether oxygens (including phenoxy) is 1. The van der Waals surface area contributed by atoms with E-state index in [1.165, 1.54) is 13.2 Å². The minimum Gasteiger partial charge on any atom is -0.471 e. The van der Waals surface area contributed by atoms with Crippen molar-refractivity contribution >= 4 is 11.5 Å². The molecule has 0 atom stereocenters. The quantitative estimate of drug-likeness (QED) is 0.660. The topological polar surface area (TPSA) is 116 Å². The largest absolute Gasteiger partial charge is 0.471 e. The van der Waals surface area contributed by atoms with E-state index in [1.54, 1.807) is 6.07 Å². The molecule has 3 rings (SSSR count). The van der Waals surface area contributed by atoms with Crippen LogP contribution in [0.5, 0.6) is 5.88 Å². The van der Waals surface area contributed by atoms with Gasteiger partial charge in [-0.15, -0.1) is 14.9 Å². The Balaban J connectivity index is 1.83. The normalized spacial score (nSPS) is 11.5. The van der Waals surface area contributed by atoms with Crippen molar-refractivity contribution in [3.63, 3.8) is 0 Å². The van der Waals surface area contributed by atoms with Crippen molar-refractivity contribution in [2.75, 3.05) is 0 Å². The lowest BCUT2D eigenvalue weighted by atomic mass is 10.5. The van der Waals surface area contributed by atoms with Gasteiger partial charge in [-0.25, -0.2) is 4.79 Å². The number of tetrazole rings is 1. The second kappa shape index (κ2) is 4.61. The number of nitrogens with one attached hydrogen (secondary N) is 1. The molecule has 10 nitrogen and oxygen atoms in total. The van der Waals surface area contributed by atoms with Crippen LogP contribution in [0, 0.1) is 0 Å². The van der Waals surface area contributed by atoms with Crippen LogP contribution in [0.3, 0.4) is 0 Å². The molecular formula is C8H8N8O2S. The van der Waals surface area contributed by atoms with E-state index in [0.29, 0.717) is 10.8 Å². The third kappa shape index (κ3) is 2.10. The van der Waals surface area contributed by atoms with Gasteiger partial charge in [0, 0.05) is 19.3 Å². The zero-order chi connectivity index (χ0) is 14.1. The lowest BCUT2D eigenvalue weighted by Gasteiger charge is -2.00. The monoisotopic (exact) mass is 282 g/mol. The maximum atomic E-state index is 11.8. The van der Waals surface area contributed by atoms with Crippen LogP contribution in [-0.2, 0) is 13.7 Å². The van der Waals surface area contributed by atoms with Gasteiger partial charge in [0.2, 0.25) is 11.7 Å². The summed E-state index contributed by atoms with van der Waals surface area (Å²) in [6.07, 6.45) is 1.44. The third-order valence-electron chi connectivity index (χ3n) is 2.25. The molecule has 1 N–H and O–H groups in total. The zero-order valence-electron chi connectivity index (χ0n) is 10.7. The van der Waals surface area contributed by atoms with E-state index < -0.39 is 5.69 Å². The van der Waals surface area contributed by atoms with Crippen molar-refractivity contribution in [3.8, 4) is 11.7 Å². The lowest BCUT2D eigenvalue weighted by Crippen LogP contribution is -2.23. The number of aromatic nitrogens is 8. The number of nitrogens with zero attached hydrogens (tertiary/aromatic N) is 7. The van der Waals surface area contributed by atoms with Crippen LogP contribution in [-0.4, -0.2) is 39.6 Å². The summed E-state index contributed by atoms with van der Waals surface area (Å²) in [4.78, 5) is 12.4. The van der Waals surface area contributed by atoms with E-state index in [1.807, 2.05) is 0 Å². The molecule has 0 radical (unpaired) electrons. The number of hydrogen-bond acceptors (Lipinski definition) is 8. The van der Waals surface area contributed by atoms with Gasteiger partial charge >= 0.3 is 5.69 Å². The fraction of sp³-hybridized carbons (Fsp3) is 0.250. The second-order valence-corrected chi connectivity index (χ2v) is 4.31. The molecule has 3 heterocycles. The Morgan fingerprint density at radius 3 is 3.16 bits per heavy atom. The molecule has 0 aliphatic rings. The Morgan fingerprint density at radius 2 is 2.47 bits per heavy atom. The summed E-state index contributed by atoms with van der Waals surface area (Å²) in [7, 11) is 1.49. The highest BCUT2D eigenvalue weighted by Gasteiger charge is 2.16. The smallest absolute Gasteiger partial charge is 0.369 e. The van der Waals surface area contributed by atoms with Gasteiger partial charge in [0.1, 0.15) is 11.5 Å². The third-order valence-corrected chi connectivity index (χ3v) is 2.93. The molecule has 0 aromatic carbocycles. The summed E-state index contributed by atoms with van der Waals surface area (Å²) in [6, 6.07) is 1.55. The number of rotatable bonds is 4. The summed E-state index contributed by atoms with van der Waals surface area (Å²) in [6.45, 7) is 0.118. The van der Waals surface area contributed by atoms with E-state index in [-0.39, 0.29) is 12.4 Å². The van der Waals surface area contributed by atoms with Crippen LogP contribution < -0.4 is 10.4 Å². The molecule has 0 spiro atoms. The molecule has 0 unspecified atom stereocenters. The van der Waals surface area contributed by atoms with Gasteiger partial charge in [0.15, 0.2) is 1.41 Å². The summed E-state index contributed by atoms with van der Waals surface area (Å²) in [5.41, 5.74) is -0.422. The number of H-pyrrole nitrogens is 1. The molecule has 19 heavy (non-hydrogen) atoms. The Morgan fingerprint density at radius 1 is 1.58 bits per heavy atom. The highest BCUT2D eigenvalue weighted by molar-refractivity contribution is 7.05. The molecule has 0 saturated carbocycles. The Labute approximate surface area is 111 Å². The summed E-state index contributed by atoms with van der Waals surface area (Å²) < 4.78 is 18.5. The van der Waals surface area contributed by atoms with Crippen molar-refractivity contribution < 1.29 is 6.15 Å². The standard InChI is InChI=1S/C8H8N8O2S/c1-15-8(17)16(13-12-15)7-5(19-14-11-7)4-18-6-2-3-9-10-6/h2-3H,4H2,1H3,(H,9,10)/i/hT. The summed E-state index contributed by atoms with van der Waals surface area (Å²) in [5.74, 6) is 0.573. The van der Waals surface area contributed by atoms with Gasteiger partial charge in [-0.3, -0.25) is 5.09 Å². The van der Waals surface area contributed by atoms with Crippen molar-refractivity contribution in [1.29, 1.82) is 0 Å². The maximum Gasteiger partial charge on any atom is 0.369 e. The molecule has 0 bridgehead atoms. The predicted molar refractivity (Wildman–Crippen MR) is 63.0 cm³/mol. The molecule has 98 valence electrons. The van der Waals surface area contributed by atoms with Crippen molar-refractivity contribution in [2.24, 2.45) is 7.05 Å². The zero-order valence-corrected chi connectivity index (χ0v) is 10.5. The average molecular weight is 282 g/mol. The Hall–Kier alpha value is -2.56. The molecule has 0 aliphatic heterocycles. The van der Waals surface area contributed by atoms with Crippen LogP contribution in [0.15, 0.2) is 17.1 Å². The number of aromatic amines is 1.